The van der Waals surface area contributed by atoms with Crippen LogP contribution in [0.1, 0.15) is 13.3 Å². The highest BCUT2D eigenvalue weighted by Crippen LogP contribution is 2.13. The van der Waals surface area contributed by atoms with Gasteiger partial charge in [0.05, 0.1) is 0 Å². The molecule has 1 rings (SSSR count). The summed E-state index contributed by atoms with van der Waals surface area (Å²) in [4.78, 5) is 4.26. The van der Waals surface area contributed by atoms with Crippen molar-refractivity contribution >= 4 is 15.8 Å². The van der Waals surface area contributed by atoms with Crippen molar-refractivity contribution in [2.24, 2.45) is 0 Å². The summed E-state index contributed by atoms with van der Waals surface area (Å²) in [5.41, 5.74) is 0. The lowest BCUT2D eigenvalue weighted by molar-refractivity contribution is 0.520. The van der Waals surface area contributed by atoms with Gasteiger partial charge in [-0.15, -0.1) is 0 Å². The van der Waals surface area contributed by atoms with E-state index in [1.165, 1.54) is 24.6 Å². The molecule has 0 aliphatic heterocycles. The van der Waals surface area contributed by atoms with Gasteiger partial charge < -0.3 is 5.32 Å². The minimum Gasteiger partial charge on any atom is -0.370 e. The first-order chi connectivity index (χ1) is 7.48. The van der Waals surface area contributed by atoms with Crippen LogP contribution in [-0.2, 0) is 10.0 Å². The van der Waals surface area contributed by atoms with Crippen molar-refractivity contribution in [2.45, 2.75) is 18.2 Å². The second-order valence-corrected chi connectivity index (χ2v) is 5.75. The van der Waals surface area contributed by atoms with E-state index in [0.29, 0.717) is 5.82 Å². The van der Waals surface area contributed by atoms with E-state index in [-0.39, 0.29) is 4.90 Å². The van der Waals surface area contributed by atoms with Gasteiger partial charge in [-0.1, -0.05) is 6.92 Å². The number of hydrogen-bond donors (Lipinski definition) is 1. The van der Waals surface area contributed by atoms with E-state index < -0.39 is 10.0 Å². The van der Waals surface area contributed by atoms with E-state index in [4.69, 9.17) is 0 Å². The SMILES string of the molecule is CCCNc1ccc(S(=O)(=O)N(C)C)cn1. The summed E-state index contributed by atoms with van der Waals surface area (Å²) in [5, 5.41) is 3.08. The highest BCUT2D eigenvalue weighted by Gasteiger charge is 2.16. The first kappa shape index (κ1) is 12.9. The number of aromatic nitrogens is 1. The van der Waals surface area contributed by atoms with Gasteiger partial charge in [-0.25, -0.2) is 17.7 Å². The lowest BCUT2D eigenvalue weighted by Crippen LogP contribution is -2.22. The molecule has 90 valence electrons. The Balaban J connectivity index is 2.87. The Hall–Kier alpha value is -1.14. The molecule has 0 aliphatic rings. The summed E-state index contributed by atoms with van der Waals surface area (Å²) in [7, 11) is -0.374. The molecular weight excluding hydrogens is 226 g/mol. The molecule has 16 heavy (non-hydrogen) atoms. The smallest absolute Gasteiger partial charge is 0.244 e. The number of anilines is 1. The van der Waals surface area contributed by atoms with Crippen molar-refractivity contribution in [1.82, 2.24) is 9.29 Å². The Morgan fingerprint density at radius 2 is 2.06 bits per heavy atom. The molecule has 0 atom stereocenters. The Kier molecular flexibility index (Phi) is 4.26. The van der Waals surface area contributed by atoms with Crippen molar-refractivity contribution in [3.8, 4) is 0 Å². The Labute approximate surface area is 96.5 Å². The third-order valence-electron chi connectivity index (χ3n) is 2.07. The number of pyridine rings is 1. The molecule has 0 unspecified atom stereocenters. The minimum atomic E-state index is -3.37. The molecule has 1 aromatic heterocycles. The largest absolute Gasteiger partial charge is 0.370 e. The monoisotopic (exact) mass is 243 g/mol. The number of rotatable bonds is 5. The molecule has 6 heteroatoms. The molecule has 0 saturated carbocycles. The second kappa shape index (κ2) is 5.27. The standard InChI is InChI=1S/C10H17N3O2S/c1-4-7-11-10-6-5-9(8-12-10)16(14,15)13(2)3/h5-6,8H,4,7H2,1-3H3,(H,11,12). The van der Waals surface area contributed by atoms with Crippen LogP contribution in [0.4, 0.5) is 5.82 Å². The third-order valence-corrected chi connectivity index (χ3v) is 3.87. The van der Waals surface area contributed by atoms with Gasteiger partial charge in [0.2, 0.25) is 10.0 Å². The van der Waals surface area contributed by atoms with Gasteiger partial charge in [0.25, 0.3) is 0 Å². The van der Waals surface area contributed by atoms with E-state index >= 15 is 0 Å². The fourth-order valence-electron chi connectivity index (χ4n) is 1.10. The van der Waals surface area contributed by atoms with Gasteiger partial charge in [0.1, 0.15) is 10.7 Å². The normalized spacial score (nSPS) is 11.8. The van der Waals surface area contributed by atoms with E-state index in [2.05, 4.69) is 17.2 Å². The van der Waals surface area contributed by atoms with Crippen molar-refractivity contribution in [1.29, 1.82) is 0 Å². The molecule has 0 aromatic carbocycles. The molecule has 0 saturated heterocycles. The molecule has 1 aromatic rings. The maximum Gasteiger partial charge on any atom is 0.244 e. The molecule has 1 heterocycles. The van der Waals surface area contributed by atoms with Gasteiger partial charge in [-0.3, -0.25) is 0 Å². The zero-order valence-electron chi connectivity index (χ0n) is 9.77. The Bertz CT molecular complexity index is 426. The number of nitrogens with zero attached hydrogens (tertiary/aromatic N) is 2. The van der Waals surface area contributed by atoms with Crippen LogP contribution < -0.4 is 5.32 Å². The second-order valence-electron chi connectivity index (χ2n) is 3.59. The lowest BCUT2D eigenvalue weighted by atomic mass is 10.4. The van der Waals surface area contributed by atoms with E-state index in [9.17, 15) is 8.42 Å². The first-order valence-corrected chi connectivity index (χ1v) is 6.55. The van der Waals surface area contributed by atoms with Crippen LogP contribution in [0.3, 0.4) is 0 Å². The quantitative estimate of drug-likeness (QED) is 0.842. The average Bonchev–Trinajstić information content (AvgIpc) is 2.26. The van der Waals surface area contributed by atoms with Crippen molar-refractivity contribution in [3.05, 3.63) is 18.3 Å². The Morgan fingerprint density at radius 3 is 2.50 bits per heavy atom. The number of sulfonamides is 1. The molecule has 0 bridgehead atoms. The summed E-state index contributed by atoms with van der Waals surface area (Å²) in [6.45, 7) is 2.88. The van der Waals surface area contributed by atoms with Crippen LogP contribution in [0.5, 0.6) is 0 Å². The maximum absolute atomic E-state index is 11.7. The number of nitrogens with one attached hydrogen (secondary N) is 1. The fourth-order valence-corrected chi connectivity index (χ4v) is 1.95. The molecule has 0 spiro atoms. The van der Waals surface area contributed by atoms with Gasteiger partial charge in [0.15, 0.2) is 0 Å². The molecule has 1 N–H and O–H groups in total. The molecule has 0 radical (unpaired) electrons. The zero-order valence-corrected chi connectivity index (χ0v) is 10.6. The van der Waals surface area contributed by atoms with Crippen LogP contribution >= 0.6 is 0 Å². The summed E-state index contributed by atoms with van der Waals surface area (Å²) >= 11 is 0. The topological polar surface area (TPSA) is 62.3 Å². The molecule has 5 nitrogen and oxygen atoms in total. The Morgan fingerprint density at radius 1 is 1.38 bits per heavy atom. The van der Waals surface area contributed by atoms with Gasteiger partial charge in [-0.05, 0) is 18.6 Å². The van der Waals surface area contributed by atoms with Crippen LogP contribution in [0.25, 0.3) is 0 Å². The highest BCUT2D eigenvalue weighted by atomic mass is 32.2. The number of hydrogen-bond acceptors (Lipinski definition) is 4. The average molecular weight is 243 g/mol. The predicted octanol–water partition coefficient (Wildman–Crippen LogP) is 1.15. The summed E-state index contributed by atoms with van der Waals surface area (Å²) in [5.74, 6) is 0.694. The molecular formula is C10H17N3O2S. The van der Waals surface area contributed by atoms with E-state index in [1.54, 1.807) is 12.1 Å². The van der Waals surface area contributed by atoms with Crippen LogP contribution in [0, 0.1) is 0 Å². The fraction of sp³-hybridized carbons (Fsp3) is 0.500. The zero-order chi connectivity index (χ0) is 12.2. The van der Waals surface area contributed by atoms with Crippen molar-refractivity contribution < 1.29 is 8.42 Å². The van der Waals surface area contributed by atoms with Gasteiger partial charge in [0, 0.05) is 26.8 Å². The highest BCUT2D eigenvalue weighted by molar-refractivity contribution is 7.89. The van der Waals surface area contributed by atoms with E-state index in [0.717, 1.165) is 13.0 Å². The summed E-state index contributed by atoms with van der Waals surface area (Å²) in [6, 6.07) is 3.23. The van der Waals surface area contributed by atoms with Crippen molar-refractivity contribution in [3.63, 3.8) is 0 Å². The molecule has 0 aliphatic carbocycles. The lowest BCUT2D eigenvalue weighted by Gasteiger charge is -2.11. The summed E-state index contributed by atoms with van der Waals surface area (Å²) < 4.78 is 24.6. The summed E-state index contributed by atoms with van der Waals surface area (Å²) in [6.07, 6.45) is 2.37. The third kappa shape index (κ3) is 2.93. The van der Waals surface area contributed by atoms with Crippen LogP contribution in [0.15, 0.2) is 23.2 Å². The van der Waals surface area contributed by atoms with E-state index in [1.807, 2.05) is 0 Å². The molecule has 0 fully saturated rings. The van der Waals surface area contributed by atoms with Crippen LogP contribution in [0.2, 0.25) is 0 Å². The van der Waals surface area contributed by atoms with Crippen molar-refractivity contribution in [2.75, 3.05) is 26.0 Å². The predicted molar refractivity (Wildman–Crippen MR) is 63.9 cm³/mol. The minimum absolute atomic E-state index is 0.208. The maximum atomic E-state index is 11.7. The molecule has 0 amide bonds. The van der Waals surface area contributed by atoms with Gasteiger partial charge in [-0.2, -0.15) is 0 Å². The van der Waals surface area contributed by atoms with Crippen LogP contribution in [-0.4, -0.2) is 38.3 Å². The first-order valence-electron chi connectivity index (χ1n) is 5.11. The van der Waals surface area contributed by atoms with Gasteiger partial charge >= 0.3 is 0 Å².